The van der Waals surface area contributed by atoms with Crippen LogP contribution in [0.4, 0.5) is 10.8 Å². The Morgan fingerprint density at radius 3 is 2.70 bits per heavy atom. The molecule has 10 nitrogen and oxygen atoms in total. The van der Waals surface area contributed by atoms with Crippen molar-refractivity contribution in [2.24, 2.45) is 0 Å². The number of nitrogens with one attached hydrogen (secondary N) is 1. The van der Waals surface area contributed by atoms with Crippen LogP contribution in [0.15, 0.2) is 42.6 Å². The zero-order chi connectivity index (χ0) is 21.4. The molecule has 0 atom stereocenters. The maximum absolute atomic E-state index is 12.6. The van der Waals surface area contributed by atoms with Gasteiger partial charge in [0.05, 0.1) is 26.8 Å². The molecule has 150 valence electrons. The number of amides is 3. The van der Waals surface area contributed by atoms with Crippen LogP contribution in [-0.4, -0.2) is 44.1 Å². The molecule has 0 unspecified atom stereocenters. The lowest BCUT2D eigenvalue weighted by atomic mass is 10.1. The van der Waals surface area contributed by atoms with E-state index in [1.807, 2.05) is 12.1 Å². The lowest BCUT2D eigenvalue weighted by molar-refractivity contribution is -0.385. The molecule has 0 saturated carbocycles. The predicted octanol–water partition coefficient (Wildman–Crippen LogP) is 2.66. The molecule has 0 fully saturated rings. The average molecular weight is 423 g/mol. The van der Waals surface area contributed by atoms with Gasteiger partial charge in [-0.15, -0.1) is 0 Å². The molecule has 0 saturated heterocycles. The number of fused-ring (bicyclic) bond motifs is 1. The van der Waals surface area contributed by atoms with Gasteiger partial charge in [0, 0.05) is 12.3 Å². The van der Waals surface area contributed by atoms with E-state index in [1.165, 1.54) is 23.5 Å². The van der Waals surface area contributed by atoms with Crippen molar-refractivity contribution >= 4 is 39.9 Å². The summed E-state index contributed by atoms with van der Waals surface area (Å²) >= 11 is 1.21. The molecular weight excluding hydrogens is 410 g/mol. The predicted molar refractivity (Wildman–Crippen MR) is 107 cm³/mol. The Balaban J connectivity index is 1.52. The first kappa shape index (κ1) is 19.3. The zero-order valence-corrected chi connectivity index (χ0v) is 16.3. The Morgan fingerprint density at radius 1 is 1.20 bits per heavy atom. The van der Waals surface area contributed by atoms with Crippen molar-refractivity contribution in [2.45, 2.75) is 6.92 Å². The maximum Gasteiger partial charge on any atom is 0.282 e. The van der Waals surface area contributed by atoms with Crippen LogP contribution in [0.5, 0.6) is 0 Å². The van der Waals surface area contributed by atoms with Crippen molar-refractivity contribution in [3.05, 3.63) is 69.5 Å². The van der Waals surface area contributed by atoms with Gasteiger partial charge in [-0.2, -0.15) is 0 Å². The van der Waals surface area contributed by atoms with Crippen LogP contribution in [-0.2, 0) is 4.79 Å². The van der Waals surface area contributed by atoms with Crippen LogP contribution < -0.4 is 5.32 Å². The number of aromatic nitrogens is 2. The number of thiazole rings is 1. The van der Waals surface area contributed by atoms with E-state index in [-0.39, 0.29) is 11.1 Å². The number of pyridine rings is 1. The molecule has 30 heavy (non-hydrogen) atoms. The number of hydrogen-bond acceptors (Lipinski definition) is 8. The summed E-state index contributed by atoms with van der Waals surface area (Å²) in [6.45, 7) is 1.19. The van der Waals surface area contributed by atoms with E-state index in [1.54, 1.807) is 19.2 Å². The standard InChI is InChI=1S/C19H13N5O5S/c1-10-16(12-6-2-3-8-20-12)30-19(21-10)22-14(25)9-23-17(26)11-5-4-7-13(24(28)29)15(11)18(23)27/h2-8H,9H2,1H3,(H,21,22,25). The van der Waals surface area contributed by atoms with E-state index in [0.717, 1.165) is 10.9 Å². The molecule has 2 aromatic heterocycles. The number of carbonyl (C=O) groups excluding carboxylic acids is 3. The van der Waals surface area contributed by atoms with Crippen molar-refractivity contribution in [3.63, 3.8) is 0 Å². The van der Waals surface area contributed by atoms with Gasteiger partial charge in [-0.1, -0.05) is 23.5 Å². The largest absolute Gasteiger partial charge is 0.300 e. The highest BCUT2D eigenvalue weighted by molar-refractivity contribution is 7.19. The molecule has 1 aliphatic rings. The molecule has 0 radical (unpaired) electrons. The van der Waals surface area contributed by atoms with Crippen LogP contribution in [0.25, 0.3) is 10.6 Å². The van der Waals surface area contributed by atoms with Gasteiger partial charge in [-0.05, 0) is 25.1 Å². The van der Waals surface area contributed by atoms with E-state index < -0.39 is 34.9 Å². The summed E-state index contributed by atoms with van der Waals surface area (Å²) in [5.41, 5.74) is 0.516. The minimum Gasteiger partial charge on any atom is -0.300 e. The summed E-state index contributed by atoms with van der Waals surface area (Å²) in [5, 5.41) is 14.0. The smallest absolute Gasteiger partial charge is 0.282 e. The summed E-state index contributed by atoms with van der Waals surface area (Å²) in [4.78, 5) is 57.9. The van der Waals surface area contributed by atoms with Crippen LogP contribution in [0.1, 0.15) is 26.4 Å². The van der Waals surface area contributed by atoms with Gasteiger partial charge in [-0.25, -0.2) is 4.98 Å². The number of carbonyl (C=O) groups is 3. The minimum atomic E-state index is -0.873. The number of benzene rings is 1. The van der Waals surface area contributed by atoms with Crippen LogP contribution >= 0.6 is 11.3 Å². The molecule has 0 bridgehead atoms. The molecule has 4 rings (SSSR count). The van der Waals surface area contributed by atoms with Crippen LogP contribution in [0.2, 0.25) is 0 Å². The van der Waals surface area contributed by atoms with E-state index in [9.17, 15) is 24.5 Å². The highest BCUT2D eigenvalue weighted by Gasteiger charge is 2.41. The third kappa shape index (κ3) is 3.31. The Bertz CT molecular complexity index is 1210. The Hall–Kier alpha value is -3.99. The Labute approximate surface area is 173 Å². The highest BCUT2D eigenvalue weighted by Crippen LogP contribution is 2.32. The molecule has 0 spiro atoms. The molecule has 0 aliphatic carbocycles. The van der Waals surface area contributed by atoms with Gasteiger partial charge in [0.2, 0.25) is 5.91 Å². The highest BCUT2D eigenvalue weighted by atomic mass is 32.1. The minimum absolute atomic E-state index is 0.0930. The number of nitro groups is 1. The molecule has 3 amide bonds. The van der Waals surface area contributed by atoms with Crippen molar-refractivity contribution in [1.82, 2.24) is 14.9 Å². The number of nitrogens with zero attached hydrogens (tertiary/aromatic N) is 4. The number of rotatable bonds is 5. The van der Waals surface area contributed by atoms with Gasteiger partial charge in [0.15, 0.2) is 5.13 Å². The second-order valence-electron chi connectivity index (χ2n) is 6.35. The average Bonchev–Trinajstić information content (AvgIpc) is 3.21. The SMILES string of the molecule is Cc1nc(NC(=O)CN2C(=O)c3cccc([N+](=O)[O-])c3C2=O)sc1-c1ccccn1. The second-order valence-corrected chi connectivity index (χ2v) is 7.35. The van der Waals surface area contributed by atoms with Crippen molar-refractivity contribution in [3.8, 4) is 10.6 Å². The van der Waals surface area contributed by atoms with Gasteiger partial charge in [0.1, 0.15) is 12.1 Å². The molecule has 3 aromatic rings. The summed E-state index contributed by atoms with van der Waals surface area (Å²) < 4.78 is 0. The summed E-state index contributed by atoms with van der Waals surface area (Å²) in [6, 6.07) is 9.23. The number of aryl methyl sites for hydroxylation is 1. The van der Waals surface area contributed by atoms with E-state index >= 15 is 0 Å². The van der Waals surface area contributed by atoms with Gasteiger partial charge in [-0.3, -0.25) is 34.4 Å². The fourth-order valence-electron chi connectivity index (χ4n) is 3.10. The first-order valence-corrected chi connectivity index (χ1v) is 9.50. The number of imide groups is 1. The molecule has 1 N–H and O–H groups in total. The van der Waals surface area contributed by atoms with E-state index in [4.69, 9.17) is 0 Å². The normalized spacial score (nSPS) is 12.8. The molecule has 1 aromatic carbocycles. The lowest BCUT2D eigenvalue weighted by Gasteiger charge is -2.12. The molecule has 1 aliphatic heterocycles. The zero-order valence-electron chi connectivity index (χ0n) is 15.5. The summed E-state index contributed by atoms with van der Waals surface area (Å²) in [5.74, 6) is -2.27. The fraction of sp³-hybridized carbons (Fsp3) is 0.105. The third-order valence-corrected chi connectivity index (χ3v) is 5.51. The Morgan fingerprint density at radius 2 is 2.00 bits per heavy atom. The maximum atomic E-state index is 12.6. The van der Waals surface area contributed by atoms with E-state index in [0.29, 0.717) is 21.4 Å². The van der Waals surface area contributed by atoms with E-state index in [2.05, 4.69) is 15.3 Å². The van der Waals surface area contributed by atoms with Crippen molar-refractivity contribution in [2.75, 3.05) is 11.9 Å². The molecule has 11 heteroatoms. The summed E-state index contributed by atoms with van der Waals surface area (Å²) in [6.07, 6.45) is 1.65. The van der Waals surface area contributed by atoms with Gasteiger partial charge < -0.3 is 5.32 Å². The van der Waals surface area contributed by atoms with Crippen molar-refractivity contribution in [1.29, 1.82) is 0 Å². The first-order valence-electron chi connectivity index (χ1n) is 8.69. The van der Waals surface area contributed by atoms with Gasteiger partial charge >= 0.3 is 0 Å². The topological polar surface area (TPSA) is 135 Å². The Kier molecular flexibility index (Phi) is 4.80. The monoisotopic (exact) mass is 423 g/mol. The lowest BCUT2D eigenvalue weighted by Crippen LogP contribution is -2.37. The number of hydrogen-bond donors (Lipinski definition) is 1. The van der Waals surface area contributed by atoms with Gasteiger partial charge in [0.25, 0.3) is 17.5 Å². The fourth-order valence-corrected chi connectivity index (χ4v) is 4.06. The second kappa shape index (κ2) is 7.44. The van der Waals surface area contributed by atoms with Crippen LogP contribution in [0, 0.1) is 17.0 Å². The third-order valence-electron chi connectivity index (χ3n) is 4.42. The first-order chi connectivity index (χ1) is 14.4. The quantitative estimate of drug-likeness (QED) is 0.378. The number of anilines is 1. The number of nitro benzene ring substituents is 1. The van der Waals surface area contributed by atoms with Crippen molar-refractivity contribution < 1.29 is 19.3 Å². The summed E-state index contributed by atoms with van der Waals surface area (Å²) in [7, 11) is 0. The molecule has 3 heterocycles. The molecular formula is C19H13N5O5S. The van der Waals surface area contributed by atoms with Crippen LogP contribution in [0.3, 0.4) is 0 Å².